The molecule has 2 fully saturated rings. The van der Waals surface area contributed by atoms with Crippen LogP contribution in [0.25, 0.3) is 0 Å². The van der Waals surface area contributed by atoms with Crippen LogP contribution in [0.15, 0.2) is 54.6 Å². The van der Waals surface area contributed by atoms with Crippen molar-refractivity contribution in [2.75, 3.05) is 6.61 Å². The van der Waals surface area contributed by atoms with Gasteiger partial charge < -0.3 is 4.74 Å². The van der Waals surface area contributed by atoms with E-state index in [-0.39, 0.29) is 29.6 Å². The maximum atomic E-state index is 12.3. The fourth-order valence-corrected chi connectivity index (χ4v) is 3.70. The molecule has 2 aromatic rings. The van der Waals surface area contributed by atoms with Crippen molar-refractivity contribution in [2.24, 2.45) is 0 Å². The molecular weight excluding hydrogens is 326 g/mol. The van der Waals surface area contributed by atoms with Crippen molar-refractivity contribution in [3.05, 3.63) is 71.3 Å². The second kappa shape index (κ2) is 6.53. The molecule has 0 bridgehead atoms. The van der Waals surface area contributed by atoms with E-state index >= 15 is 0 Å². The van der Waals surface area contributed by atoms with Crippen molar-refractivity contribution in [3.63, 3.8) is 0 Å². The third-order valence-electron chi connectivity index (χ3n) is 5.29. The lowest BCUT2D eigenvalue weighted by Gasteiger charge is -2.34. The molecular formula is C22H25NO3. The van der Waals surface area contributed by atoms with Crippen molar-refractivity contribution >= 4 is 5.97 Å². The molecule has 1 unspecified atom stereocenters. The van der Waals surface area contributed by atoms with Gasteiger partial charge in [0, 0.05) is 6.42 Å². The summed E-state index contributed by atoms with van der Waals surface area (Å²) in [5.41, 5.74) is 3.62. The van der Waals surface area contributed by atoms with Crippen LogP contribution in [0.3, 0.4) is 0 Å². The van der Waals surface area contributed by atoms with Gasteiger partial charge in [-0.15, -0.1) is 0 Å². The number of nitrogens with zero attached hydrogens (tertiary/aromatic N) is 1. The minimum Gasteiger partial charge on any atom is -0.462 e. The fourth-order valence-electron chi connectivity index (χ4n) is 3.70. The standard InChI is InChI=1S/C22H25NO3/c1-22(2,3)17-11-9-16(10-12-17)20-13-18-21(24)25-14-19(23(18)26-20)15-7-5-4-6-8-15/h4-12,18-20H,13-14H2,1-3H3/t18-,19+,20?/m0/s1. The first-order chi connectivity index (χ1) is 12.4. The van der Waals surface area contributed by atoms with Gasteiger partial charge >= 0.3 is 5.97 Å². The van der Waals surface area contributed by atoms with Crippen molar-refractivity contribution in [3.8, 4) is 0 Å². The van der Waals surface area contributed by atoms with Gasteiger partial charge in [0.1, 0.15) is 18.8 Å². The van der Waals surface area contributed by atoms with Gasteiger partial charge in [0.05, 0.1) is 6.04 Å². The number of cyclic esters (lactones) is 1. The molecule has 4 heteroatoms. The number of benzene rings is 2. The van der Waals surface area contributed by atoms with Crippen LogP contribution in [0, 0.1) is 0 Å². The van der Waals surface area contributed by atoms with Crippen molar-refractivity contribution < 1.29 is 14.4 Å². The normalized spacial score (nSPS) is 26.4. The van der Waals surface area contributed by atoms with Crippen LogP contribution in [-0.2, 0) is 19.8 Å². The molecule has 0 amide bonds. The number of ether oxygens (including phenoxy) is 1. The summed E-state index contributed by atoms with van der Waals surface area (Å²) in [5.74, 6) is -0.189. The van der Waals surface area contributed by atoms with Crippen molar-refractivity contribution in [1.29, 1.82) is 0 Å². The smallest absolute Gasteiger partial charge is 0.325 e. The Morgan fingerprint density at radius 1 is 0.923 bits per heavy atom. The molecule has 2 aromatic carbocycles. The average molecular weight is 351 g/mol. The highest BCUT2D eigenvalue weighted by Gasteiger charge is 2.47. The molecule has 0 aromatic heterocycles. The van der Waals surface area contributed by atoms with Gasteiger partial charge in [-0.05, 0) is 22.1 Å². The van der Waals surface area contributed by atoms with E-state index in [2.05, 4.69) is 57.2 Å². The zero-order valence-corrected chi connectivity index (χ0v) is 15.5. The van der Waals surface area contributed by atoms with Crippen LogP contribution >= 0.6 is 0 Å². The number of hydrogen-bond acceptors (Lipinski definition) is 4. The summed E-state index contributed by atoms with van der Waals surface area (Å²) in [6, 6.07) is 18.2. The summed E-state index contributed by atoms with van der Waals surface area (Å²) in [5, 5.41) is 1.85. The van der Waals surface area contributed by atoms with Gasteiger partial charge in [0.15, 0.2) is 0 Å². The average Bonchev–Trinajstić information content (AvgIpc) is 3.08. The molecule has 2 aliphatic rings. The number of carbonyl (C=O) groups is 1. The maximum Gasteiger partial charge on any atom is 0.325 e. The minimum atomic E-state index is -0.346. The topological polar surface area (TPSA) is 38.8 Å². The van der Waals surface area contributed by atoms with Crippen LogP contribution in [0.1, 0.15) is 56.0 Å². The zero-order chi connectivity index (χ0) is 18.3. The third-order valence-corrected chi connectivity index (χ3v) is 5.29. The molecule has 4 nitrogen and oxygen atoms in total. The summed E-state index contributed by atoms with van der Waals surface area (Å²) in [7, 11) is 0. The molecule has 4 rings (SSSR count). The van der Waals surface area contributed by atoms with E-state index in [0.29, 0.717) is 13.0 Å². The number of fused-ring (bicyclic) bond motifs is 1. The molecule has 0 N–H and O–H groups in total. The summed E-state index contributed by atoms with van der Waals surface area (Å²) in [4.78, 5) is 18.5. The first kappa shape index (κ1) is 17.3. The predicted molar refractivity (Wildman–Crippen MR) is 99.4 cm³/mol. The Bertz CT molecular complexity index is 779. The van der Waals surface area contributed by atoms with E-state index < -0.39 is 0 Å². The van der Waals surface area contributed by atoms with E-state index in [1.165, 1.54) is 5.56 Å². The highest BCUT2D eigenvalue weighted by Crippen LogP contribution is 2.41. The predicted octanol–water partition coefficient (Wildman–Crippen LogP) is 4.33. The van der Waals surface area contributed by atoms with E-state index in [9.17, 15) is 4.79 Å². The van der Waals surface area contributed by atoms with E-state index in [1.54, 1.807) is 0 Å². The van der Waals surface area contributed by atoms with Crippen LogP contribution in [-0.4, -0.2) is 23.7 Å². The Hall–Kier alpha value is -2.17. The Morgan fingerprint density at radius 2 is 1.62 bits per heavy atom. The zero-order valence-electron chi connectivity index (χ0n) is 15.5. The maximum absolute atomic E-state index is 12.3. The van der Waals surface area contributed by atoms with Gasteiger partial charge in [-0.1, -0.05) is 75.4 Å². The lowest BCUT2D eigenvalue weighted by molar-refractivity contribution is -0.228. The van der Waals surface area contributed by atoms with Crippen LogP contribution in [0.2, 0.25) is 0 Å². The largest absolute Gasteiger partial charge is 0.462 e. The lowest BCUT2D eigenvalue weighted by Crippen LogP contribution is -2.46. The minimum absolute atomic E-state index is 0.0576. The number of hydrogen-bond donors (Lipinski definition) is 0. The van der Waals surface area contributed by atoms with Gasteiger partial charge in [-0.25, -0.2) is 0 Å². The van der Waals surface area contributed by atoms with Gasteiger partial charge in [-0.2, -0.15) is 5.06 Å². The Balaban J connectivity index is 1.57. The SMILES string of the molecule is CC(C)(C)c1ccc(C2C[C@H]3C(=O)OC[C@H](c4ccccc4)N3O2)cc1. The molecule has 2 aliphatic heterocycles. The molecule has 0 radical (unpaired) electrons. The second-order valence-corrected chi connectivity index (χ2v) is 8.13. The van der Waals surface area contributed by atoms with Crippen LogP contribution < -0.4 is 0 Å². The van der Waals surface area contributed by atoms with Crippen LogP contribution in [0.5, 0.6) is 0 Å². The monoisotopic (exact) mass is 351 g/mol. The number of morpholine rings is 1. The highest BCUT2D eigenvalue weighted by atomic mass is 16.7. The van der Waals surface area contributed by atoms with Gasteiger partial charge in [0.2, 0.25) is 0 Å². The molecule has 2 saturated heterocycles. The third kappa shape index (κ3) is 3.15. The van der Waals surface area contributed by atoms with Crippen LogP contribution in [0.4, 0.5) is 0 Å². The molecule has 0 aliphatic carbocycles. The van der Waals surface area contributed by atoms with Crippen molar-refractivity contribution in [2.45, 2.75) is 50.8 Å². The first-order valence-electron chi connectivity index (χ1n) is 9.20. The van der Waals surface area contributed by atoms with Gasteiger partial charge in [0.25, 0.3) is 0 Å². The molecule has 136 valence electrons. The summed E-state index contributed by atoms with van der Waals surface area (Å²) >= 11 is 0. The number of carbonyl (C=O) groups excluding carboxylic acids is 1. The summed E-state index contributed by atoms with van der Waals surface area (Å²) < 4.78 is 5.45. The lowest BCUT2D eigenvalue weighted by atomic mass is 9.86. The summed E-state index contributed by atoms with van der Waals surface area (Å²) in [6.45, 7) is 6.94. The molecule has 3 atom stereocenters. The Labute approximate surface area is 154 Å². The number of esters is 1. The van der Waals surface area contributed by atoms with Gasteiger partial charge in [-0.3, -0.25) is 9.63 Å². The molecule has 0 spiro atoms. The summed E-state index contributed by atoms with van der Waals surface area (Å²) in [6.07, 6.45) is 0.502. The molecule has 0 saturated carbocycles. The molecule has 26 heavy (non-hydrogen) atoms. The highest BCUT2D eigenvalue weighted by molar-refractivity contribution is 5.77. The quantitative estimate of drug-likeness (QED) is 0.755. The van der Waals surface area contributed by atoms with E-state index in [4.69, 9.17) is 9.57 Å². The molecule has 2 heterocycles. The van der Waals surface area contributed by atoms with E-state index in [1.807, 2.05) is 23.3 Å². The number of rotatable bonds is 2. The Morgan fingerprint density at radius 3 is 2.27 bits per heavy atom. The van der Waals surface area contributed by atoms with Crippen molar-refractivity contribution in [1.82, 2.24) is 5.06 Å². The second-order valence-electron chi connectivity index (χ2n) is 8.13. The first-order valence-corrected chi connectivity index (χ1v) is 9.20. The Kier molecular flexibility index (Phi) is 4.33. The van der Waals surface area contributed by atoms with E-state index in [0.717, 1.165) is 11.1 Å². The number of hydroxylamine groups is 2. The fraction of sp³-hybridized carbons (Fsp3) is 0.409.